The quantitative estimate of drug-likeness (QED) is 0.638. The lowest BCUT2D eigenvalue weighted by molar-refractivity contribution is 0.0697. The number of H-pyrrole nitrogens is 1. The summed E-state index contributed by atoms with van der Waals surface area (Å²) in [6, 6.07) is 4.86. The van der Waals surface area contributed by atoms with Crippen LogP contribution in [-0.2, 0) is 12.8 Å². The Hall–Kier alpha value is -2.35. The van der Waals surface area contributed by atoms with Crippen molar-refractivity contribution in [1.29, 1.82) is 0 Å². The van der Waals surface area contributed by atoms with E-state index in [0.29, 0.717) is 10.9 Å². The summed E-state index contributed by atoms with van der Waals surface area (Å²) in [5.74, 6) is -0.458. The van der Waals surface area contributed by atoms with E-state index in [0.717, 1.165) is 11.1 Å². The zero-order valence-corrected chi connectivity index (χ0v) is 12.2. The highest BCUT2D eigenvalue weighted by atomic mass is 32.2. The molecule has 2 aromatic rings. The second-order valence-electron chi connectivity index (χ2n) is 4.43. The van der Waals surface area contributed by atoms with Crippen molar-refractivity contribution in [3.63, 3.8) is 0 Å². The number of thioether (sulfide) groups is 1. The van der Waals surface area contributed by atoms with Crippen LogP contribution in [0.2, 0.25) is 0 Å². The van der Waals surface area contributed by atoms with E-state index in [1.54, 1.807) is 19.2 Å². The van der Waals surface area contributed by atoms with Crippen LogP contribution in [0.25, 0.3) is 0 Å². The Bertz CT molecular complexity index is 810. The summed E-state index contributed by atoms with van der Waals surface area (Å²) in [6.07, 6.45) is 0. The van der Waals surface area contributed by atoms with Crippen molar-refractivity contribution in [3.8, 4) is 0 Å². The standard InChI is InChI=1S/C13H13N3O4S/c1-7-5-8(12(19)20)3-4-9(7)6-21-13-14-10(17)11(18)15-16(13)2/h3-5H,6H2,1-2H3,(H,15,18)(H,19,20). The molecule has 8 heteroatoms. The van der Waals surface area contributed by atoms with Crippen molar-refractivity contribution in [1.82, 2.24) is 14.8 Å². The molecule has 7 nitrogen and oxygen atoms in total. The third-order valence-electron chi connectivity index (χ3n) is 2.89. The number of nitrogens with one attached hydrogen (secondary N) is 1. The molecule has 110 valence electrons. The Kier molecular flexibility index (Phi) is 4.27. The average Bonchev–Trinajstić information content (AvgIpc) is 2.42. The first-order valence-corrected chi connectivity index (χ1v) is 7.00. The van der Waals surface area contributed by atoms with E-state index in [-0.39, 0.29) is 5.56 Å². The largest absolute Gasteiger partial charge is 0.478 e. The molecule has 0 bridgehead atoms. The van der Waals surface area contributed by atoms with Gasteiger partial charge in [-0.1, -0.05) is 17.8 Å². The highest BCUT2D eigenvalue weighted by Gasteiger charge is 2.08. The van der Waals surface area contributed by atoms with E-state index in [1.807, 2.05) is 6.92 Å². The lowest BCUT2D eigenvalue weighted by Crippen LogP contribution is -2.33. The van der Waals surface area contributed by atoms with Crippen LogP contribution >= 0.6 is 11.8 Å². The number of aromatic carboxylic acids is 1. The van der Waals surface area contributed by atoms with Gasteiger partial charge in [0.1, 0.15) is 0 Å². The molecule has 0 aliphatic heterocycles. The Morgan fingerprint density at radius 1 is 1.43 bits per heavy atom. The van der Waals surface area contributed by atoms with Crippen LogP contribution in [0.15, 0.2) is 32.9 Å². The van der Waals surface area contributed by atoms with Gasteiger partial charge in [-0.3, -0.25) is 19.4 Å². The van der Waals surface area contributed by atoms with Gasteiger partial charge in [0.15, 0.2) is 5.16 Å². The zero-order valence-electron chi connectivity index (χ0n) is 11.4. The van der Waals surface area contributed by atoms with E-state index < -0.39 is 17.1 Å². The van der Waals surface area contributed by atoms with Crippen LogP contribution in [0.5, 0.6) is 0 Å². The van der Waals surface area contributed by atoms with Crippen LogP contribution in [0, 0.1) is 6.92 Å². The molecule has 1 aromatic heterocycles. The molecule has 2 N–H and O–H groups in total. The highest BCUT2D eigenvalue weighted by molar-refractivity contribution is 7.98. The molecule has 2 rings (SSSR count). The maximum atomic E-state index is 11.2. The fourth-order valence-corrected chi connectivity index (χ4v) is 2.72. The van der Waals surface area contributed by atoms with Crippen LogP contribution in [-0.4, -0.2) is 25.8 Å². The van der Waals surface area contributed by atoms with E-state index in [1.165, 1.54) is 22.5 Å². The van der Waals surface area contributed by atoms with Gasteiger partial charge in [-0.2, -0.15) is 4.98 Å². The fraction of sp³-hybridized carbons (Fsp3) is 0.231. The molecular weight excluding hydrogens is 294 g/mol. The highest BCUT2D eigenvalue weighted by Crippen LogP contribution is 2.21. The van der Waals surface area contributed by atoms with Gasteiger partial charge in [-0.15, -0.1) is 0 Å². The van der Waals surface area contributed by atoms with Crippen molar-refractivity contribution in [2.75, 3.05) is 0 Å². The van der Waals surface area contributed by atoms with Crippen molar-refractivity contribution in [3.05, 3.63) is 55.6 Å². The smallest absolute Gasteiger partial charge is 0.339 e. The molecule has 0 unspecified atom stereocenters. The summed E-state index contributed by atoms with van der Waals surface area (Å²) in [5.41, 5.74) is 0.426. The van der Waals surface area contributed by atoms with Gasteiger partial charge in [0.2, 0.25) is 0 Å². The summed E-state index contributed by atoms with van der Waals surface area (Å²) in [6.45, 7) is 1.82. The summed E-state index contributed by atoms with van der Waals surface area (Å²) >= 11 is 1.29. The van der Waals surface area contributed by atoms with Gasteiger partial charge in [-0.25, -0.2) is 4.79 Å². The minimum atomic E-state index is -0.970. The number of rotatable bonds is 4. The minimum absolute atomic E-state index is 0.232. The van der Waals surface area contributed by atoms with Crippen LogP contribution < -0.4 is 11.1 Å². The molecule has 0 fully saturated rings. The monoisotopic (exact) mass is 307 g/mol. The van der Waals surface area contributed by atoms with E-state index in [4.69, 9.17) is 5.11 Å². The molecule has 0 radical (unpaired) electrons. The number of carboxylic acids is 1. The molecule has 0 amide bonds. The number of hydrogen-bond acceptors (Lipinski definition) is 5. The molecule has 0 atom stereocenters. The molecule has 0 aliphatic rings. The first-order chi connectivity index (χ1) is 9.88. The normalized spacial score (nSPS) is 10.6. The second-order valence-corrected chi connectivity index (χ2v) is 5.38. The van der Waals surface area contributed by atoms with E-state index >= 15 is 0 Å². The van der Waals surface area contributed by atoms with Crippen molar-refractivity contribution in [2.24, 2.45) is 7.05 Å². The maximum absolute atomic E-state index is 11.2. The summed E-state index contributed by atoms with van der Waals surface area (Å²) in [7, 11) is 1.59. The van der Waals surface area contributed by atoms with Gasteiger partial charge in [0, 0.05) is 12.8 Å². The number of aromatic nitrogens is 3. The molecular formula is C13H13N3O4S. The Morgan fingerprint density at radius 3 is 2.76 bits per heavy atom. The summed E-state index contributed by atoms with van der Waals surface area (Å²) in [5, 5.41) is 11.7. The molecule has 0 saturated carbocycles. The first kappa shape index (κ1) is 15.0. The van der Waals surface area contributed by atoms with E-state index in [2.05, 4.69) is 10.1 Å². The summed E-state index contributed by atoms with van der Waals surface area (Å²) in [4.78, 5) is 36.9. The van der Waals surface area contributed by atoms with Crippen molar-refractivity contribution in [2.45, 2.75) is 17.8 Å². The topological polar surface area (TPSA) is 105 Å². The molecule has 0 saturated heterocycles. The van der Waals surface area contributed by atoms with Gasteiger partial charge in [0.25, 0.3) is 0 Å². The molecule has 1 heterocycles. The van der Waals surface area contributed by atoms with Crippen LogP contribution in [0.1, 0.15) is 21.5 Å². The van der Waals surface area contributed by atoms with Gasteiger partial charge >= 0.3 is 17.1 Å². The predicted molar refractivity (Wildman–Crippen MR) is 77.8 cm³/mol. The number of hydrogen-bond donors (Lipinski definition) is 2. The average molecular weight is 307 g/mol. The van der Waals surface area contributed by atoms with E-state index in [9.17, 15) is 14.4 Å². The zero-order chi connectivity index (χ0) is 15.6. The number of aromatic amines is 1. The second kappa shape index (κ2) is 5.96. The number of benzene rings is 1. The van der Waals surface area contributed by atoms with Gasteiger partial charge in [-0.05, 0) is 30.2 Å². The van der Waals surface area contributed by atoms with Crippen LogP contribution in [0.3, 0.4) is 0 Å². The Labute approximate surface area is 123 Å². The summed E-state index contributed by atoms with van der Waals surface area (Å²) < 4.78 is 1.38. The van der Waals surface area contributed by atoms with Crippen molar-refractivity contribution >= 4 is 17.7 Å². The van der Waals surface area contributed by atoms with Gasteiger partial charge < -0.3 is 5.11 Å². The SMILES string of the molecule is Cc1cc(C(=O)O)ccc1CSc1nc(=O)c(=O)[nH]n1C. The van der Waals surface area contributed by atoms with Crippen LogP contribution in [0.4, 0.5) is 0 Å². The molecule has 1 aromatic carbocycles. The van der Waals surface area contributed by atoms with Gasteiger partial charge in [0.05, 0.1) is 5.56 Å². The molecule has 21 heavy (non-hydrogen) atoms. The third kappa shape index (κ3) is 3.40. The molecule has 0 spiro atoms. The minimum Gasteiger partial charge on any atom is -0.478 e. The Balaban J connectivity index is 2.21. The first-order valence-electron chi connectivity index (χ1n) is 6.01. The third-order valence-corrected chi connectivity index (χ3v) is 3.97. The number of carboxylic acid groups (broad SMARTS) is 1. The fourth-order valence-electron chi connectivity index (χ4n) is 1.72. The Morgan fingerprint density at radius 2 is 2.14 bits per heavy atom. The maximum Gasteiger partial charge on any atom is 0.339 e. The lowest BCUT2D eigenvalue weighted by Gasteiger charge is -2.08. The number of aryl methyl sites for hydroxylation is 2. The predicted octanol–water partition coefficient (Wildman–Crippen LogP) is 0.768. The number of carbonyl (C=O) groups is 1. The number of nitrogens with zero attached hydrogens (tertiary/aromatic N) is 2. The van der Waals surface area contributed by atoms with Crippen molar-refractivity contribution < 1.29 is 9.90 Å². The lowest BCUT2D eigenvalue weighted by atomic mass is 10.1. The molecule has 0 aliphatic carbocycles.